The molecule has 9 nitrogen and oxygen atoms in total. The zero-order valence-electron chi connectivity index (χ0n) is 16.8. The van der Waals surface area contributed by atoms with E-state index in [4.69, 9.17) is 19.7 Å². The molecule has 1 aliphatic rings. The van der Waals surface area contributed by atoms with E-state index in [0.717, 1.165) is 46.9 Å². The summed E-state index contributed by atoms with van der Waals surface area (Å²) in [7, 11) is 1.64. The Kier molecular flexibility index (Phi) is 3.98. The number of nitrogens with one attached hydrogen (secondary N) is 2. The molecule has 1 fully saturated rings. The van der Waals surface area contributed by atoms with E-state index < -0.39 is 0 Å². The summed E-state index contributed by atoms with van der Waals surface area (Å²) in [6.07, 6.45) is 5.31. The zero-order chi connectivity index (χ0) is 20.8. The summed E-state index contributed by atoms with van der Waals surface area (Å²) < 4.78 is 5.53. The number of nitrogens with zero attached hydrogens (tertiary/aromatic N) is 6. The number of H-pyrrole nitrogens is 2. The first-order valence-electron chi connectivity index (χ1n) is 10.0. The molecule has 2 N–H and O–H groups in total. The van der Waals surface area contributed by atoms with Crippen molar-refractivity contribution in [2.75, 3.05) is 25.1 Å². The van der Waals surface area contributed by atoms with Crippen molar-refractivity contribution in [3.63, 3.8) is 0 Å². The number of hydrogen-bond donors (Lipinski definition) is 1. The van der Waals surface area contributed by atoms with Gasteiger partial charge in [0.2, 0.25) is 5.95 Å². The van der Waals surface area contributed by atoms with Crippen molar-refractivity contribution >= 4 is 28.1 Å². The summed E-state index contributed by atoms with van der Waals surface area (Å²) in [6.45, 7) is 1.52. The van der Waals surface area contributed by atoms with E-state index in [-0.39, 0.29) is 5.92 Å². The number of imidazole rings is 1. The van der Waals surface area contributed by atoms with Crippen LogP contribution in [0.25, 0.3) is 33.5 Å². The third-order valence-corrected chi connectivity index (χ3v) is 5.60. The Labute approximate surface area is 177 Å². The number of aromatic amines is 2. The van der Waals surface area contributed by atoms with Gasteiger partial charge < -0.3 is 14.6 Å². The maximum atomic E-state index is 5.53. The van der Waals surface area contributed by atoms with Crippen molar-refractivity contribution in [2.24, 2.45) is 0 Å². The minimum absolute atomic E-state index is 0.190. The van der Waals surface area contributed by atoms with Crippen LogP contribution in [0.15, 0.2) is 55.1 Å². The summed E-state index contributed by atoms with van der Waals surface area (Å²) in [4.78, 5) is 31.6. The molecule has 0 aliphatic carbocycles. The highest BCUT2D eigenvalue weighted by atomic mass is 16.5. The number of anilines is 1. The standard InChI is InChI=1S/C22H18N8O/c1-31-21-15(6-4-8-23-21)18-17(28-19-20(29-18)26-12-25-19)14-10-30(11-14)22-24-9-13-5-2-3-7-16(13)27-22/h2-9,12,14H,10-11H2,1H3,(H,25,26,28,29)/p+1. The summed E-state index contributed by atoms with van der Waals surface area (Å²) in [5.74, 6) is 1.56. The summed E-state index contributed by atoms with van der Waals surface area (Å²) in [5, 5.41) is 1.04. The molecule has 31 heavy (non-hydrogen) atoms. The lowest BCUT2D eigenvalue weighted by Crippen LogP contribution is -2.46. The Morgan fingerprint density at radius 1 is 1.06 bits per heavy atom. The molecule has 0 amide bonds. The van der Waals surface area contributed by atoms with Crippen molar-refractivity contribution in [2.45, 2.75) is 5.92 Å². The predicted octanol–water partition coefficient (Wildman–Crippen LogP) is 2.39. The molecule has 152 valence electrons. The average molecular weight is 411 g/mol. The second kappa shape index (κ2) is 6.98. The molecule has 0 saturated carbocycles. The van der Waals surface area contributed by atoms with Crippen molar-refractivity contribution in [3.8, 4) is 17.1 Å². The largest absolute Gasteiger partial charge is 0.447 e. The number of ether oxygens (including phenoxy) is 1. The van der Waals surface area contributed by atoms with Gasteiger partial charge in [0.05, 0.1) is 24.6 Å². The minimum Gasteiger partial charge on any atom is -0.447 e. The Bertz CT molecular complexity index is 1410. The highest BCUT2D eigenvalue weighted by Crippen LogP contribution is 2.36. The number of hydrogen-bond acceptors (Lipinski definition) is 7. The number of rotatable bonds is 4. The Hall–Kier alpha value is -4.14. The first-order valence-corrected chi connectivity index (χ1v) is 10.0. The first kappa shape index (κ1) is 17.7. The van der Waals surface area contributed by atoms with Gasteiger partial charge in [0.1, 0.15) is 11.3 Å². The van der Waals surface area contributed by atoms with Crippen LogP contribution >= 0.6 is 0 Å². The number of aromatic nitrogens is 7. The van der Waals surface area contributed by atoms with E-state index in [1.165, 1.54) is 0 Å². The molecule has 0 unspecified atom stereocenters. The first-order chi connectivity index (χ1) is 15.3. The third kappa shape index (κ3) is 2.93. The highest BCUT2D eigenvalue weighted by molar-refractivity contribution is 5.79. The molecule has 4 aromatic heterocycles. The van der Waals surface area contributed by atoms with Gasteiger partial charge in [-0.2, -0.15) is 4.98 Å². The van der Waals surface area contributed by atoms with Crippen LogP contribution in [0.2, 0.25) is 0 Å². The van der Waals surface area contributed by atoms with Crippen LogP contribution in [0.1, 0.15) is 11.6 Å². The van der Waals surface area contributed by atoms with Gasteiger partial charge >= 0.3 is 5.88 Å². The fourth-order valence-electron chi connectivity index (χ4n) is 3.97. The van der Waals surface area contributed by atoms with Gasteiger partial charge in [0.15, 0.2) is 17.5 Å². The van der Waals surface area contributed by atoms with Crippen molar-refractivity contribution in [1.82, 2.24) is 29.9 Å². The monoisotopic (exact) mass is 411 g/mol. The smallest absolute Gasteiger partial charge is 0.375 e. The molecule has 6 rings (SSSR count). The molecule has 5 aromatic rings. The molecular weight excluding hydrogens is 392 g/mol. The second-order valence-corrected chi connectivity index (χ2v) is 7.48. The number of fused-ring (bicyclic) bond motifs is 2. The summed E-state index contributed by atoms with van der Waals surface area (Å²) >= 11 is 0. The van der Waals surface area contributed by atoms with Gasteiger partial charge in [-0.15, -0.1) is 0 Å². The molecule has 9 heteroatoms. The topological polar surface area (TPSA) is 107 Å². The van der Waals surface area contributed by atoms with E-state index in [1.54, 1.807) is 13.4 Å². The molecular formula is C22H19N8O+. The van der Waals surface area contributed by atoms with Gasteiger partial charge in [-0.25, -0.2) is 24.9 Å². The predicted molar refractivity (Wildman–Crippen MR) is 115 cm³/mol. The zero-order valence-corrected chi connectivity index (χ0v) is 16.8. The minimum atomic E-state index is 0.190. The Morgan fingerprint density at radius 3 is 2.87 bits per heavy atom. The van der Waals surface area contributed by atoms with Crippen molar-refractivity contribution in [3.05, 3.63) is 60.8 Å². The fourth-order valence-corrected chi connectivity index (χ4v) is 3.97. The molecule has 1 aromatic carbocycles. The summed E-state index contributed by atoms with van der Waals surface area (Å²) in [5.41, 5.74) is 4.75. The number of benzene rings is 1. The van der Waals surface area contributed by atoms with Crippen LogP contribution in [0.5, 0.6) is 5.88 Å². The molecule has 0 bridgehead atoms. The lowest BCUT2D eigenvalue weighted by atomic mass is 9.93. The van der Waals surface area contributed by atoms with Gasteiger partial charge in [0, 0.05) is 36.7 Å². The van der Waals surface area contributed by atoms with E-state index in [9.17, 15) is 0 Å². The van der Waals surface area contributed by atoms with Crippen LogP contribution in [-0.4, -0.2) is 50.1 Å². The molecule has 5 heterocycles. The van der Waals surface area contributed by atoms with Gasteiger partial charge in [0.25, 0.3) is 0 Å². The maximum Gasteiger partial charge on any atom is 0.375 e. The van der Waals surface area contributed by atoms with Crippen molar-refractivity contribution in [1.29, 1.82) is 0 Å². The number of pyridine rings is 1. The van der Waals surface area contributed by atoms with Crippen molar-refractivity contribution < 1.29 is 9.72 Å². The third-order valence-electron chi connectivity index (χ3n) is 5.60. The fraction of sp³-hybridized carbons (Fsp3) is 0.182. The van der Waals surface area contributed by atoms with Crippen LogP contribution in [0, 0.1) is 0 Å². The summed E-state index contributed by atoms with van der Waals surface area (Å²) in [6, 6.07) is 11.9. The van der Waals surface area contributed by atoms with Crippen LogP contribution in [0.4, 0.5) is 5.95 Å². The SMILES string of the molecule is COc1[nH+]cccc1-c1nc2nc[nH]c2nc1C1CN(c2ncc3ccccc3n2)C1. The molecule has 0 atom stereocenters. The average Bonchev–Trinajstić information content (AvgIpc) is 3.25. The van der Waals surface area contributed by atoms with Crippen LogP contribution < -0.4 is 14.6 Å². The molecule has 1 saturated heterocycles. The highest BCUT2D eigenvalue weighted by Gasteiger charge is 2.35. The van der Waals surface area contributed by atoms with Gasteiger partial charge in [-0.1, -0.05) is 18.2 Å². The Balaban J connectivity index is 1.37. The number of para-hydroxylation sites is 1. The van der Waals surface area contributed by atoms with Crippen LogP contribution in [-0.2, 0) is 0 Å². The number of methoxy groups -OCH3 is 1. The van der Waals surface area contributed by atoms with Crippen LogP contribution in [0.3, 0.4) is 0 Å². The van der Waals surface area contributed by atoms with Gasteiger partial charge in [-0.05, 0) is 12.1 Å². The van der Waals surface area contributed by atoms with E-state index in [1.807, 2.05) is 48.8 Å². The Morgan fingerprint density at radius 2 is 1.97 bits per heavy atom. The molecule has 0 spiro atoms. The lowest BCUT2D eigenvalue weighted by Gasteiger charge is -2.39. The quantitative estimate of drug-likeness (QED) is 0.484. The van der Waals surface area contributed by atoms with Gasteiger partial charge in [-0.3, -0.25) is 0 Å². The normalized spacial score (nSPS) is 14.2. The second-order valence-electron chi connectivity index (χ2n) is 7.48. The lowest BCUT2D eigenvalue weighted by molar-refractivity contribution is -0.392. The van der Waals surface area contributed by atoms with E-state index in [0.29, 0.717) is 17.2 Å². The van der Waals surface area contributed by atoms with E-state index >= 15 is 0 Å². The molecule has 1 aliphatic heterocycles. The van der Waals surface area contributed by atoms with E-state index in [2.05, 4.69) is 24.8 Å². The maximum absolute atomic E-state index is 5.53. The molecule has 0 radical (unpaired) electrons.